The van der Waals surface area contributed by atoms with Crippen LogP contribution in [0.3, 0.4) is 0 Å². The average molecular weight is 379 g/mol. The quantitative estimate of drug-likeness (QED) is 0.532. The molecule has 0 aliphatic rings. The topological polar surface area (TPSA) is 63.9 Å². The molecule has 0 saturated heterocycles. The molecule has 0 saturated carbocycles. The molecule has 0 amide bonds. The van der Waals surface area contributed by atoms with Gasteiger partial charge in [-0.3, -0.25) is 9.36 Å². The van der Waals surface area contributed by atoms with Gasteiger partial charge in [0.05, 0.1) is 22.9 Å². The second-order valence-electron chi connectivity index (χ2n) is 6.86. The summed E-state index contributed by atoms with van der Waals surface area (Å²) in [5.74, 6) is 0.679. The zero-order valence-corrected chi connectivity index (χ0v) is 16.5. The molecular formula is C20H21N5OS. The first-order valence-corrected chi connectivity index (χ1v) is 9.72. The normalized spacial score (nSPS) is 11.7. The number of thiophene rings is 1. The summed E-state index contributed by atoms with van der Waals surface area (Å²) >= 11 is 1.41. The van der Waals surface area contributed by atoms with E-state index >= 15 is 0 Å². The van der Waals surface area contributed by atoms with E-state index in [4.69, 9.17) is 4.98 Å². The Hall–Kier alpha value is -2.64. The summed E-state index contributed by atoms with van der Waals surface area (Å²) in [5, 5.41) is 0.882. The first kappa shape index (κ1) is 17.8. The highest BCUT2D eigenvalue weighted by Gasteiger charge is 2.16. The standard InChI is InChI=1S/C20H21N5OS/c1-13-15-16-17(20(26)25(12-21-16)11-7-10-24(2)3)27-19(15)23-18(22-13)14-8-5-4-6-9-14/h4-6,8-9,12H,7,10-11H2,1-3H3. The zero-order chi connectivity index (χ0) is 19.0. The Morgan fingerprint density at radius 2 is 1.93 bits per heavy atom. The van der Waals surface area contributed by atoms with Gasteiger partial charge in [-0.25, -0.2) is 15.0 Å². The Morgan fingerprint density at radius 1 is 1.15 bits per heavy atom. The fourth-order valence-electron chi connectivity index (χ4n) is 3.16. The largest absolute Gasteiger partial charge is 0.309 e. The van der Waals surface area contributed by atoms with Gasteiger partial charge in [-0.05, 0) is 34.0 Å². The fourth-order valence-corrected chi connectivity index (χ4v) is 4.29. The van der Waals surface area contributed by atoms with E-state index in [-0.39, 0.29) is 5.56 Å². The Balaban J connectivity index is 1.81. The van der Waals surface area contributed by atoms with E-state index in [0.717, 1.165) is 34.4 Å². The summed E-state index contributed by atoms with van der Waals surface area (Å²) in [5.41, 5.74) is 2.53. The predicted molar refractivity (Wildman–Crippen MR) is 110 cm³/mol. The lowest BCUT2D eigenvalue weighted by atomic mass is 10.2. The van der Waals surface area contributed by atoms with Crippen LogP contribution in [0.5, 0.6) is 0 Å². The molecule has 0 fully saturated rings. The minimum atomic E-state index is 0.00224. The molecule has 27 heavy (non-hydrogen) atoms. The molecule has 1 aromatic carbocycles. The molecule has 0 atom stereocenters. The smallest absolute Gasteiger partial charge is 0.271 e. The number of aromatic nitrogens is 4. The van der Waals surface area contributed by atoms with E-state index in [1.807, 2.05) is 51.4 Å². The summed E-state index contributed by atoms with van der Waals surface area (Å²) < 4.78 is 2.35. The van der Waals surface area contributed by atoms with Crippen LogP contribution in [0.15, 0.2) is 41.5 Å². The highest BCUT2D eigenvalue weighted by Crippen LogP contribution is 2.32. The Morgan fingerprint density at radius 3 is 2.67 bits per heavy atom. The van der Waals surface area contributed by atoms with Gasteiger partial charge in [0.25, 0.3) is 5.56 Å². The summed E-state index contributed by atoms with van der Waals surface area (Å²) in [6.07, 6.45) is 2.55. The molecule has 0 aliphatic heterocycles. The molecule has 0 N–H and O–H groups in total. The number of aryl methyl sites for hydroxylation is 2. The number of hydrogen-bond donors (Lipinski definition) is 0. The molecule has 6 nitrogen and oxygen atoms in total. The second-order valence-corrected chi connectivity index (χ2v) is 7.86. The monoisotopic (exact) mass is 379 g/mol. The van der Waals surface area contributed by atoms with Crippen LogP contribution in [0.4, 0.5) is 0 Å². The van der Waals surface area contributed by atoms with Crippen LogP contribution in [0.25, 0.3) is 31.8 Å². The van der Waals surface area contributed by atoms with E-state index < -0.39 is 0 Å². The first-order valence-electron chi connectivity index (χ1n) is 8.91. The van der Waals surface area contributed by atoms with Gasteiger partial charge in [-0.15, -0.1) is 11.3 Å². The van der Waals surface area contributed by atoms with Gasteiger partial charge in [0.1, 0.15) is 9.53 Å². The molecule has 0 unspecified atom stereocenters. The molecule has 0 spiro atoms. The van der Waals surface area contributed by atoms with E-state index in [0.29, 0.717) is 22.6 Å². The van der Waals surface area contributed by atoms with Crippen molar-refractivity contribution in [3.63, 3.8) is 0 Å². The van der Waals surface area contributed by atoms with Crippen molar-refractivity contribution in [1.82, 2.24) is 24.4 Å². The Kier molecular flexibility index (Phi) is 4.72. The SMILES string of the molecule is Cc1nc(-c2ccccc2)nc2sc3c(=O)n(CCCN(C)C)cnc3c12. The van der Waals surface area contributed by atoms with Crippen molar-refractivity contribution in [3.05, 3.63) is 52.7 Å². The van der Waals surface area contributed by atoms with Crippen LogP contribution in [0.2, 0.25) is 0 Å². The number of rotatable bonds is 5. The predicted octanol–water partition coefficient (Wildman–Crippen LogP) is 3.33. The maximum absolute atomic E-state index is 12.9. The molecule has 4 aromatic rings. The molecule has 4 rings (SSSR count). The van der Waals surface area contributed by atoms with Crippen molar-refractivity contribution in [2.24, 2.45) is 0 Å². The number of nitrogens with zero attached hydrogens (tertiary/aromatic N) is 5. The maximum atomic E-state index is 12.9. The molecule has 7 heteroatoms. The second kappa shape index (κ2) is 7.17. The zero-order valence-electron chi connectivity index (χ0n) is 15.6. The Labute approximate surface area is 161 Å². The minimum absolute atomic E-state index is 0.00224. The lowest BCUT2D eigenvalue weighted by Gasteiger charge is -2.10. The van der Waals surface area contributed by atoms with Gasteiger partial charge in [-0.1, -0.05) is 30.3 Å². The van der Waals surface area contributed by atoms with Crippen molar-refractivity contribution in [2.75, 3.05) is 20.6 Å². The van der Waals surface area contributed by atoms with Crippen LogP contribution < -0.4 is 5.56 Å². The number of fused-ring (bicyclic) bond motifs is 3. The van der Waals surface area contributed by atoms with Gasteiger partial charge in [-0.2, -0.15) is 0 Å². The van der Waals surface area contributed by atoms with Crippen molar-refractivity contribution in [1.29, 1.82) is 0 Å². The van der Waals surface area contributed by atoms with Crippen LogP contribution >= 0.6 is 11.3 Å². The minimum Gasteiger partial charge on any atom is -0.309 e. The molecule has 0 aliphatic carbocycles. The summed E-state index contributed by atoms with van der Waals surface area (Å²) in [4.78, 5) is 29.8. The van der Waals surface area contributed by atoms with Crippen molar-refractivity contribution in [3.8, 4) is 11.4 Å². The van der Waals surface area contributed by atoms with Gasteiger partial charge in [0.2, 0.25) is 0 Å². The Bertz CT molecular complexity index is 1160. The highest BCUT2D eigenvalue weighted by atomic mass is 32.1. The molecule has 0 bridgehead atoms. The van der Waals surface area contributed by atoms with Gasteiger partial charge in [0.15, 0.2) is 5.82 Å². The third-order valence-corrected chi connectivity index (χ3v) is 5.59. The van der Waals surface area contributed by atoms with Crippen molar-refractivity contribution >= 4 is 31.8 Å². The molecule has 3 aromatic heterocycles. The van der Waals surface area contributed by atoms with E-state index in [9.17, 15) is 4.79 Å². The summed E-state index contributed by atoms with van der Waals surface area (Å²) in [6.45, 7) is 3.54. The van der Waals surface area contributed by atoms with Crippen LogP contribution in [-0.4, -0.2) is 45.1 Å². The molecular weight excluding hydrogens is 358 g/mol. The molecule has 3 heterocycles. The fraction of sp³-hybridized carbons (Fsp3) is 0.300. The molecule has 138 valence electrons. The van der Waals surface area contributed by atoms with E-state index in [1.165, 1.54) is 11.3 Å². The lowest BCUT2D eigenvalue weighted by molar-refractivity contribution is 0.384. The lowest BCUT2D eigenvalue weighted by Crippen LogP contribution is -2.22. The van der Waals surface area contributed by atoms with E-state index in [2.05, 4.69) is 14.9 Å². The van der Waals surface area contributed by atoms with Crippen molar-refractivity contribution in [2.45, 2.75) is 19.9 Å². The first-order chi connectivity index (χ1) is 13.0. The summed E-state index contributed by atoms with van der Waals surface area (Å²) in [6, 6.07) is 9.89. The summed E-state index contributed by atoms with van der Waals surface area (Å²) in [7, 11) is 4.06. The molecule has 0 radical (unpaired) electrons. The van der Waals surface area contributed by atoms with Gasteiger partial charge < -0.3 is 4.90 Å². The number of benzene rings is 1. The van der Waals surface area contributed by atoms with Gasteiger partial charge >= 0.3 is 0 Å². The van der Waals surface area contributed by atoms with Crippen LogP contribution in [0, 0.1) is 6.92 Å². The van der Waals surface area contributed by atoms with Crippen LogP contribution in [-0.2, 0) is 6.54 Å². The third kappa shape index (κ3) is 3.36. The third-order valence-electron chi connectivity index (χ3n) is 4.52. The number of hydrogen-bond acceptors (Lipinski definition) is 6. The van der Waals surface area contributed by atoms with Gasteiger partial charge in [0, 0.05) is 12.1 Å². The average Bonchev–Trinajstić information content (AvgIpc) is 3.04. The van der Waals surface area contributed by atoms with E-state index in [1.54, 1.807) is 10.9 Å². The highest BCUT2D eigenvalue weighted by molar-refractivity contribution is 7.25. The van der Waals surface area contributed by atoms with Crippen LogP contribution in [0.1, 0.15) is 12.1 Å². The maximum Gasteiger partial charge on any atom is 0.271 e. The van der Waals surface area contributed by atoms with Crippen molar-refractivity contribution < 1.29 is 0 Å².